The molecular formula is C10H21NO. The highest BCUT2D eigenvalue weighted by Gasteiger charge is 2.20. The molecule has 2 heteroatoms. The van der Waals surface area contributed by atoms with E-state index in [1.165, 1.54) is 25.7 Å². The van der Waals surface area contributed by atoms with Crippen molar-refractivity contribution in [1.29, 1.82) is 0 Å². The predicted octanol–water partition coefficient (Wildman–Crippen LogP) is 1.93. The first-order valence-corrected chi connectivity index (χ1v) is 5.08. The van der Waals surface area contributed by atoms with E-state index in [0.29, 0.717) is 12.2 Å². The SMILES string of the molecule is CC(C)OC1CCC(CN)CC1. The van der Waals surface area contributed by atoms with Crippen LogP contribution in [0.15, 0.2) is 0 Å². The quantitative estimate of drug-likeness (QED) is 0.704. The summed E-state index contributed by atoms with van der Waals surface area (Å²) in [5, 5.41) is 0. The molecule has 1 rings (SSSR count). The van der Waals surface area contributed by atoms with E-state index in [9.17, 15) is 0 Å². The van der Waals surface area contributed by atoms with Gasteiger partial charge >= 0.3 is 0 Å². The van der Waals surface area contributed by atoms with E-state index < -0.39 is 0 Å². The average Bonchev–Trinajstić information content (AvgIpc) is 2.05. The smallest absolute Gasteiger partial charge is 0.0578 e. The van der Waals surface area contributed by atoms with E-state index in [1.807, 2.05) is 0 Å². The maximum absolute atomic E-state index is 5.74. The molecule has 0 spiro atoms. The second-order valence-corrected chi connectivity index (χ2v) is 4.06. The Kier molecular flexibility index (Phi) is 4.02. The molecular weight excluding hydrogens is 150 g/mol. The van der Waals surface area contributed by atoms with Crippen molar-refractivity contribution in [3.63, 3.8) is 0 Å². The molecule has 0 amide bonds. The summed E-state index contributed by atoms with van der Waals surface area (Å²) < 4.78 is 5.74. The van der Waals surface area contributed by atoms with Gasteiger partial charge in [-0.3, -0.25) is 0 Å². The van der Waals surface area contributed by atoms with E-state index in [1.54, 1.807) is 0 Å². The highest BCUT2D eigenvalue weighted by atomic mass is 16.5. The summed E-state index contributed by atoms with van der Waals surface area (Å²) in [7, 11) is 0. The van der Waals surface area contributed by atoms with Crippen LogP contribution in [0.1, 0.15) is 39.5 Å². The molecule has 2 N–H and O–H groups in total. The summed E-state index contributed by atoms with van der Waals surface area (Å²) >= 11 is 0. The normalized spacial score (nSPS) is 31.0. The zero-order valence-corrected chi connectivity index (χ0v) is 8.25. The Morgan fingerprint density at radius 3 is 2.25 bits per heavy atom. The molecule has 0 radical (unpaired) electrons. The number of rotatable bonds is 3. The largest absolute Gasteiger partial charge is 0.376 e. The average molecular weight is 171 g/mol. The van der Waals surface area contributed by atoms with Crippen LogP contribution in [0.5, 0.6) is 0 Å². The standard InChI is InChI=1S/C10H21NO/c1-8(2)12-10-5-3-9(7-11)4-6-10/h8-10H,3-7,11H2,1-2H3. The van der Waals surface area contributed by atoms with Crippen molar-refractivity contribution >= 4 is 0 Å². The Morgan fingerprint density at radius 1 is 1.25 bits per heavy atom. The van der Waals surface area contributed by atoms with E-state index in [2.05, 4.69) is 13.8 Å². The minimum atomic E-state index is 0.379. The van der Waals surface area contributed by atoms with Crippen LogP contribution in [0.2, 0.25) is 0 Å². The lowest BCUT2D eigenvalue weighted by molar-refractivity contribution is -0.0189. The van der Waals surface area contributed by atoms with Gasteiger partial charge in [0.2, 0.25) is 0 Å². The summed E-state index contributed by atoms with van der Waals surface area (Å²) in [6.45, 7) is 5.07. The van der Waals surface area contributed by atoms with Crippen molar-refractivity contribution in [2.75, 3.05) is 6.54 Å². The van der Waals surface area contributed by atoms with Crippen molar-refractivity contribution in [2.45, 2.75) is 51.7 Å². The molecule has 1 aliphatic rings. The molecule has 0 aromatic heterocycles. The molecule has 0 saturated heterocycles. The fourth-order valence-electron chi connectivity index (χ4n) is 1.89. The third-order valence-electron chi connectivity index (χ3n) is 2.59. The zero-order chi connectivity index (χ0) is 8.97. The van der Waals surface area contributed by atoms with Gasteiger partial charge in [-0.25, -0.2) is 0 Å². The second kappa shape index (κ2) is 4.83. The summed E-state index contributed by atoms with van der Waals surface area (Å²) in [6, 6.07) is 0. The lowest BCUT2D eigenvalue weighted by atomic mass is 9.87. The highest BCUT2D eigenvalue weighted by Crippen LogP contribution is 2.25. The van der Waals surface area contributed by atoms with Crippen molar-refractivity contribution in [2.24, 2.45) is 11.7 Å². The van der Waals surface area contributed by atoms with Crippen LogP contribution in [-0.2, 0) is 4.74 Å². The molecule has 0 atom stereocenters. The Labute approximate surface area is 75.5 Å². The van der Waals surface area contributed by atoms with Crippen LogP contribution in [0.3, 0.4) is 0 Å². The van der Waals surface area contributed by atoms with Crippen LogP contribution in [0.25, 0.3) is 0 Å². The molecule has 1 saturated carbocycles. The fourth-order valence-corrected chi connectivity index (χ4v) is 1.89. The van der Waals surface area contributed by atoms with Gasteiger partial charge in [-0.05, 0) is 52.0 Å². The molecule has 0 unspecified atom stereocenters. The summed E-state index contributed by atoms with van der Waals surface area (Å²) in [6.07, 6.45) is 5.82. The Balaban J connectivity index is 2.17. The van der Waals surface area contributed by atoms with Crippen LogP contribution in [0, 0.1) is 5.92 Å². The lowest BCUT2D eigenvalue weighted by Crippen LogP contribution is -2.27. The first-order valence-electron chi connectivity index (χ1n) is 5.08. The molecule has 2 nitrogen and oxygen atoms in total. The molecule has 0 aromatic carbocycles. The number of hydrogen-bond donors (Lipinski definition) is 1. The monoisotopic (exact) mass is 171 g/mol. The maximum atomic E-state index is 5.74. The first-order chi connectivity index (χ1) is 5.72. The van der Waals surface area contributed by atoms with Crippen molar-refractivity contribution < 1.29 is 4.74 Å². The summed E-state index contributed by atoms with van der Waals surface area (Å²) in [4.78, 5) is 0. The van der Waals surface area contributed by atoms with Gasteiger partial charge in [0.1, 0.15) is 0 Å². The Hall–Kier alpha value is -0.0800. The van der Waals surface area contributed by atoms with Gasteiger partial charge in [-0.15, -0.1) is 0 Å². The van der Waals surface area contributed by atoms with Gasteiger partial charge in [-0.2, -0.15) is 0 Å². The molecule has 0 heterocycles. The fraction of sp³-hybridized carbons (Fsp3) is 1.00. The highest BCUT2D eigenvalue weighted by molar-refractivity contribution is 4.73. The zero-order valence-electron chi connectivity index (χ0n) is 8.25. The van der Waals surface area contributed by atoms with Crippen LogP contribution in [-0.4, -0.2) is 18.8 Å². The lowest BCUT2D eigenvalue weighted by Gasteiger charge is -2.28. The molecule has 0 aliphatic heterocycles. The first kappa shape index (κ1) is 10.0. The van der Waals surface area contributed by atoms with Gasteiger partial charge in [-0.1, -0.05) is 0 Å². The van der Waals surface area contributed by atoms with E-state index in [-0.39, 0.29) is 0 Å². The minimum Gasteiger partial charge on any atom is -0.376 e. The molecule has 12 heavy (non-hydrogen) atoms. The van der Waals surface area contributed by atoms with Crippen molar-refractivity contribution in [3.05, 3.63) is 0 Å². The van der Waals surface area contributed by atoms with Gasteiger partial charge in [0.05, 0.1) is 12.2 Å². The Bertz CT molecular complexity index is 117. The molecule has 1 fully saturated rings. The van der Waals surface area contributed by atoms with Crippen LogP contribution < -0.4 is 5.73 Å². The van der Waals surface area contributed by atoms with E-state index >= 15 is 0 Å². The summed E-state index contributed by atoms with van der Waals surface area (Å²) in [5.74, 6) is 0.761. The van der Waals surface area contributed by atoms with Crippen molar-refractivity contribution in [1.82, 2.24) is 0 Å². The molecule has 72 valence electrons. The van der Waals surface area contributed by atoms with Crippen LogP contribution >= 0.6 is 0 Å². The minimum absolute atomic E-state index is 0.379. The summed E-state index contributed by atoms with van der Waals surface area (Å²) in [5.41, 5.74) is 5.61. The Morgan fingerprint density at radius 2 is 1.83 bits per heavy atom. The molecule has 1 aliphatic carbocycles. The number of nitrogens with two attached hydrogens (primary N) is 1. The molecule has 0 aromatic rings. The maximum Gasteiger partial charge on any atom is 0.0578 e. The van der Waals surface area contributed by atoms with Gasteiger partial charge in [0.15, 0.2) is 0 Å². The van der Waals surface area contributed by atoms with E-state index in [0.717, 1.165) is 12.5 Å². The van der Waals surface area contributed by atoms with E-state index in [4.69, 9.17) is 10.5 Å². The third-order valence-corrected chi connectivity index (χ3v) is 2.59. The van der Waals surface area contributed by atoms with Crippen molar-refractivity contribution in [3.8, 4) is 0 Å². The number of ether oxygens (including phenoxy) is 1. The molecule has 0 bridgehead atoms. The topological polar surface area (TPSA) is 35.2 Å². The van der Waals surface area contributed by atoms with Gasteiger partial charge < -0.3 is 10.5 Å². The number of hydrogen-bond acceptors (Lipinski definition) is 2. The van der Waals surface area contributed by atoms with Crippen LogP contribution in [0.4, 0.5) is 0 Å². The predicted molar refractivity (Wildman–Crippen MR) is 51.0 cm³/mol. The second-order valence-electron chi connectivity index (χ2n) is 4.06. The third kappa shape index (κ3) is 3.11. The van der Waals surface area contributed by atoms with Gasteiger partial charge in [0.25, 0.3) is 0 Å². The van der Waals surface area contributed by atoms with Gasteiger partial charge in [0, 0.05) is 0 Å².